The van der Waals surface area contributed by atoms with Gasteiger partial charge in [0.25, 0.3) is 0 Å². The van der Waals surface area contributed by atoms with E-state index in [1.54, 1.807) is 0 Å². The van der Waals surface area contributed by atoms with Crippen molar-refractivity contribution in [2.24, 2.45) is 0 Å². The van der Waals surface area contributed by atoms with Crippen molar-refractivity contribution >= 4 is 0 Å². The van der Waals surface area contributed by atoms with Crippen LogP contribution in [0.2, 0.25) is 0 Å². The summed E-state index contributed by atoms with van der Waals surface area (Å²) in [6.07, 6.45) is 1.96. The number of likely N-dealkylation sites (N-methyl/N-ethyl adjacent to an activating group) is 1. The van der Waals surface area contributed by atoms with E-state index in [4.69, 9.17) is 4.74 Å². The van der Waals surface area contributed by atoms with Crippen molar-refractivity contribution in [2.45, 2.75) is 74.4 Å². The zero-order valence-corrected chi connectivity index (χ0v) is 28.1. The van der Waals surface area contributed by atoms with Crippen LogP contribution in [-0.4, -0.2) is 58.8 Å². The van der Waals surface area contributed by atoms with Crippen LogP contribution in [0.5, 0.6) is 17.2 Å². The molecule has 0 saturated carbocycles. The summed E-state index contributed by atoms with van der Waals surface area (Å²) in [5.74, 6) is 1.89. The van der Waals surface area contributed by atoms with E-state index in [0.717, 1.165) is 78.1 Å². The number of phenolic OH excluding ortho intramolecular Hbond substituents is 2. The number of fused-ring (bicyclic) bond motifs is 1. The molecule has 4 rings (SSSR count). The Balaban J connectivity index is 0.000000626. The molecule has 0 fully saturated rings. The van der Waals surface area contributed by atoms with Crippen LogP contribution >= 0.6 is 0 Å². The number of hydrogen-bond acceptors (Lipinski definition) is 4. The largest absolute Gasteiger partial charge is 0.662 e. The summed E-state index contributed by atoms with van der Waals surface area (Å²) in [6, 6.07) is 12.6. The molecule has 0 radical (unpaired) electrons. The Labute approximate surface area is 264 Å². The van der Waals surface area contributed by atoms with E-state index in [-0.39, 0.29) is 22.5 Å². The molecule has 0 spiro atoms. The molecule has 42 heavy (non-hydrogen) atoms. The molecule has 6 nitrogen and oxygen atoms in total. The minimum Gasteiger partial charge on any atom is -0.662 e. The van der Waals surface area contributed by atoms with Gasteiger partial charge in [0.15, 0.2) is 0 Å². The van der Waals surface area contributed by atoms with Crippen molar-refractivity contribution < 1.29 is 42.0 Å². The zero-order valence-electron chi connectivity index (χ0n) is 27.0. The Morgan fingerprint density at radius 3 is 1.90 bits per heavy atom. The number of ether oxygens (including phenoxy) is 1. The molecule has 0 unspecified atom stereocenters. The van der Waals surface area contributed by atoms with Gasteiger partial charge in [-0.25, -0.2) is 0 Å². The van der Waals surface area contributed by atoms with Crippen molar-refractivity contribution in [2.75, 3.05) is 33.7 Å². The van der Waals surface area contributed by atoms with Gasteiger partial charge in [0.05, 0.1) is 26.4 Å². The summed E-state index contributed by atoms with van der Waals surface area (Å²) < 4.78 is 7.05. The summed E-state index contributed by atoms with van der Waals surface area (Å²) in [5.41, 5.74) is 10.1. The van der Waals surface area contributed by atoms with Crippen LogP contribution in [0.1, 0.15) is 62.9 Å². The SMILES string of the molecule is Cc1cc(C)c(O)c(C)c1.Cc1cc(C)c(O)c(CN2CCC[CH-]Oc3c(C)cc(C)cc3C[N+](C)(C)CC2)c1.O.[Fe]. The molecule has 0 amide bonds. The molecule has 1 heterocycles. The third-order valence-corrected chi connectivity index (χ3v) is 7.67. The van der Waals surface area contributed by atoms with E-state index in [0.29, 0.717) is 11.5 Å². The van der Waals surface area contributed by atoms with Crippen LogP contribution in [0.3, 0.4) is 0 Å². The summed E-state index contributed by atoms with van der Waals surface area (Å²) in [4.78, 5) is 2.48. The van der Waals surface area contributed by atoms with E-state index in [9.17, 15) is 10.2 Å². The van der Waals surface area contributed by atoms with Gasteiger partial charge in [0.2, 0.25) is 0 Å². The first-order chi connectivity index (χ1) is 18.8. The molecule has 7 heteroatoms. The van der Waals surface area contributed by atoms with Crippen LogP contribution in [0, 0.1) is 55.1 Å². The van der Waals surface area contributed by atoms with Gasteiger partial charge in [0, 0.05) is 41.3 Å². The second-order valence-corrected chi connectivity index (χ2v) is 12.4. The number of hydrogen-bond donors (Lipinski definition) is 2. The number of nitrogens with zero attached hydrogens (tertiary/aromatic N) is 2. The molecule has 0 saturated heterocycles. The second-order valence-electron chi connectivity index (χ2n) is 12.4. The minimum absolute atomic E-state index is 0. The molecule has 0 bridgehead atoms. The zero-order chi connectivity index (χ0) is 29.6. The third kappa shape index (κ3) is 10.6. The average molecular weight is 621 g/mol. The second kappa shape index (κ2) is 16.3. The summed E-state index contributed by atoms with van der Waals surface area (Å²) in [7, 11) is 4.59. The van der Waals surface area contributed by atoms with Gasteiger partial charge in [-0.15, -0.1) is 6.42 Å². The minimum atomic E-state index is 0. The maximum absolute atomic E-state index is 10.6. The predicted molar refractivity (Wildman–Crippen MR) is 170 cm³/mol. The van der Waals surface area contributed by atoms with Crippen molar-refractivity contribution in [3.63, 3.8) is 0 Å². The number of aryl methyl sites for hydroxylation is 7. The molecule has 3 aromatic carbocycles. The predicted octanol–water partition coefficient (Wildman–Crippen LogP) is 6.53. The van der Waals surface area contributed by atoms with E-state index >= 15 is 0 Å². The molecule has 0 atom stereocenters. The summed E-state index contributed by atoms with van der Waals surface area (Å²) >= 11 is 0. The van der Waals surface area contributed by atoms with Gasteiger partial charge < -0.3 is 24.9 Å². The van der Waals surface area contributed by atoms with Crippen LogP contribution in [0.25, 0.3) is 0 Å². The summed E-state index contributed by atoms with van der Waals surface area (Å²) in [6.45, 7) is 21.0. The topological polar surface area (TPSA) is 84.4 Å². The van der Waals surface area contributed by atoms with Crippen molar-refractivity contribution in [1.29, 1.82) is 0 Å². The molecular weight excluding hydrogens is 568 g/mol. The van der Waals surface area contributed by atoms with Crippen molar-refractivity contribution in [3.05, 3.63) is 93.1 Å². The van der Waals surface area contributed by atoms with Crippen molar-refractivity contribution in [3.8, 4) is 17.2 Å². The van der Waals surface area contributed by atoms with Gasteiger partial charge in [-0.1, -0.05) is 53.4 Å². The molecule has 1 aliphatic heterocycles. The van der Waals surface area contributed by atoms with Gasteiger partial charge in [-0.2, -0.15) is 6.61 Å². The molecule has 234 valence electrons. The molecular formula is C35H52FeN2O4. The van der Waals surface area contributed by atoms with Gasteiger partial charge >= 0.3 is 0 Å². The smallest absolute Gasteiger partial charge is 0.122 e. The fourth-order valence-electron chi connectivity index (χ4n) is 5.67. The van der Waals surface area contributed by atoms with Crippen LogP contribution < -0.4 is 4.74 Å². The van der Waals surface area contributed by atoms with Gasteiger partial charge in [-0.05, 0) is 83.3 Å². The molecule has 0 aliphatic carbocycles. The first-order valence-electron chi connectivity index (χ1n) is 14.4. The number of phenols is 2. The van der Waals surface area contributed by atoms with Gasteiger partial charge in [-0.3, -0.25) is 4.90 Å². The first kappa shape index (κ1) is 37.5. The Morgan fingerprint density at radius 1 is 0.762 bits per heavy atom. The molecule has 3 aromatic rings. The maximum atomic E-state index is 10.6. The number of benzene rings is 3. The molecule has 0 aromatic heterocycles. The Hall–Kier alpha value is -2.54. The van der Waals surface area contributed by atoms with Gasteiger partial charge in [0.1, 0.15) is 18.0 Å². The molecule has 1 aliphatic rings. The van der Waals surface area contributed by atoms with Crippen LogP contribution in [0.15, 0.2) is 36.4 Å². The first-order valence-corrected chi connectivity index (χ1v) is 14.4. The normalized spacial score (nSPS) is 15.3. The quantitative estimate of drug-likeness (QED) is 0.194. The van der Waals surface area contributed by atoms with Crippen LogP contribution in [0.4, 0.5) is 0 Å². The average Bonchev–Trinajstić information content (AvgIpc) is 2.84. The van der Waals surface area contributed by atoms with Crippen molar-refractivity contribution in [1.82, 2.24) is 4.90 Å². The fraction of sp³-hybridized carbons (Fsp3) is 0.457. The Kier molecular flexibility index (Phi) is 14.6. The molecule has 4 N–H and O–H groups in total. The Morgan fingerprint density at radius 2 is 1.29 bits per heavy atom. The fourth-order valence-corrected chi connectivity index (χ4v) is 5.67. The standard InChI is InChI=1S/C26H38N2O2.C9H12O.Fe.H2O/c1-19-13-21(3)25(29)23(15-19)17-27-9-7-8-12-30-26-22(4)14-20(2)16-24(26)18-28(5,6)11-10-27;1-6-4-7(2)9(10)8(3)5-6;;/h12-16,29H,7-11,17-18H2,1-6H3;4-5,10H,1-3H3;;1H2. The van der Waals surface area contributed by atoms with E-state index < -0.39 is 0 Å². The van der Waals surface area contributed by atoms with Crippen LogP contribution in [-0.2, 0) is 30.2 Å². The van der Waals surface area contributed by atoms with E-state index in [1.807, 2.05) is 52.5 Å². The van der Waals surface area contributed by atoms with E-state index in [2.05, 4.69) is 58.0 Å². The number of aromatic hydroxyl groups is 2. The third-order valence-electron chi connectivity index (χ3n) is 7.67. The summed E-state index contributed by atoms with van der Waals surface area (Å²) in [5, 5.41) is 19.9. The monoisotopic (exact) mass is 620 g/mol. The van der Waals surface area contributed by atoms with E-state index in [1.165, 1.54) is 27.8 Å². The number of rotatable bonds is 2. The number of quaternary nitrogens is 1. The maximum Gasteiger partial charge on any atom is 0.122 e. The Bertz CT molecular complexity index is 1300.